The number of hydrogen-bond donors (Lipinski definition) is 0. The Morgan fingerprint density at radius 3 is 2.77 bits per heavy atom. The number of hydrogen-bond acceptors (Lipinski definition) is 6. The van der Waals surface area contributed by atoms with Crippen molar-refractivity contribution in [2.45, 2.75) is 57.8 Å². The smallest absolute Gasteiger partial charge is 0.227 e. The molecule has 2 heterocycles. The topological polar surface area (TPSA) is 85.3 Å². The summed E-state index contributed by atoms with van der Waals surface area (Å²) in [6.45, 7) is 9.58. The number of aryl methyl sites for hydroxylation is 2. The number of allylic oxidation sites excluding steroid dienone is 1. The number of carbonyl (C=O) groups is 1. The maximum Gasteiger partial charge on any atom is 0.227 e. The second-order valence-corrected chi connectivity index (χ2v) is 10.2. The Balaban J connectivity index is 1.32. The molecular formula is C31H33FN4O3. The predicted molar refractivity (Wildman–Crippen MR) is 149 cm³/mol. The minimum atomic E-state index is -0.502. The van der Waals surface area contributed by atoms with Crippen molar-refractivity contribution in [1.29, 1.82) is 0 Å². The standard InChI is InChI=1S/C31H33FN4O3/c1-4-22(7-5-10-29-34-31(35-39-29)23-12-13-23)19-36(30(37)16-11-20(2)32)26-9-6-8-24(17-26)25-14-15-27-28(18-25)38-21(3)33-27/h4,6,8-9,14-15,17-18,22-23H,1-2,5,7,10-13,16,19H2,3H3. The van der Waals surface area contributed by atoms with Gasteiger partial charge in [0, 0.05) is 44.3 Å². The lowest BCUT2D eigenvalue weighted by Gasteiger charge is -2.27. The van der Waals surface area contributed by atoms with Gasteiger partial charge in [-0.2, -0.15) is 4.98 Å². The molecule has 1 atom stereocenters. The predicted octanol–water partition coefficient (Wildman–Crippen LogP) is 7.49. The van der Waals surface area contributed by atoms with Crippen molar-refractivity contribution in [1.82, 2.24) is 15.1 Å². The number of fused-ring (bicyclic) bond motifs is 1. The Bertz CT molecular complexity index is 1490. The van der Waals surface area contributed by atoms with Crippen molar-refractivity contribution >= 4 is 22.7 Å². The molecule has 4 aromatic rings. The molecule has 1 fully saturated rings. The molecule has 5 rings (SSSR count). The van der Waals surface area contributed by atoms with E-state index in [0.29, 0.717) is 36.2 Å². The zero-order valence-electron chi connectivity index (χ0n) is 22.2. The van der Waals surface area contributed by atoms with Crippen LogP contribution in [0, 0.1) is 12.8 Å². The molecule has 1 amide bonds. The van der Waals surface area contributed by atoms with E-state index < -0.39 is 5.83 Å². The van der Waals surface area contributed by atoms with Crippen LogP contribution in [0.2, 0.25) is 0 Å². The van der Waals surface area contributed by atoms with E-state index in [0.717, 1.165) is 53.8 Å². The van der Waals surface area contributed by atoms with Crippen LogP contribution in [0.3, 0.4) is 0 Å². The van der Waals surface area contributed by atoms with Crippen LogP contribution < -0.4 is 4.90 Å². The Kier molecular flexibility index (Phi) is 8.00. The normalized spacial score (nSPS) is 13.9. The highest BCUT2D eigenvalue weighted by Gasteiger charge is 2.28. The van der Waals surface area contributed by atoms with Crippen LogP contribution in [0.4, 0.5) is 10.1 Å². The molecule has 2 aromatic carbocycles. The number of rotatable bonds is 13. The Morgan fingerprint density at radius 2 is 2.00 bits per heavy atom. The van der Waals surface area contributed by atoms with Crippen LogP contribution >= 0.6 is 0 Å². The van der Waals surface area contributed by atoms with Crippen LogP contribution in [0.25, 0.3) is 22.2 Å². The van der Waals surface area contributed by atoms with Gasteiger partial charge < -0.3 is 13.8 Å². The average Bonchev–Trinajstić information content (AvgIpc) is 3.55. The summed E-state index contributed by atoms with van der Waals surface area (Å²) in [6, 6.07) is 13.7. The van der Waals surface area contributed by atoms with E-state index in [9.17, 15) is 9.18 Å². The number of oxazole rings is 1. The summed E-state index contributed by atoms with van der Waals surface area (Å²) in [7, 11) is 0. The second kappa shape index (κ2) is 11.8. The van der Waals surface area contributed by atoms with Crippen molar-refractivity contribution in [3.63, 3.8) is 0 Å². The summed E-state index contributed by atoms with van der Waals surface area (Å²) in [5, 5.41) is 4.09. The number of amides is 1. The molecule has 0 spiro atoms. The molecule has 0 bridgehead atoms. The Hall–Kier alpha value is -4.07. The maximum absolute atomic E-state index is 13.4. The molecule has 1 unspecified atom stereocenters. The lowest BCUT2D eigenvalue weighted by atomic mass is 9.99. The third kappa shape index (κ3) is 6.69. The Labute approximate surface area is 227 Å². The van der Waals surface area contributed by atoms with Crippen LogP contribution in [0.15, 0.2) is 76.5 Å². The molecule has 39 heavy (non-hydrogen) atoms. The van der Waals surface area contributed by atoms with Crippen molar-refractivity contribution in [2.75, 3.05) is 11.4 Å². The fourth-order valence-electron chi connectivity index (χ4n) is 4.71. The summed E-state index contributed by atoms with van der Waals surface area (Å²) < 4.78 is 24.5. The molecule has 202 valence electrons. The highest BCUT2D eigenvalue weighted by molar-refractivity contribution is 5.94. The second-order valence-electron chi connectivity index (χ2n) is 10.2. The lowest BCUT2D eigenvalue weighted by Crippen LogP contribution is -2.35. The minimum absolute atomic E-state index is 0.00418. The van der Waals surface area contributed by atoms with E-state index in [1.54, 1.807) is 4.90 Å². The van der Waals surface area contributed by atoms with E-state index in [1.165, 1.54) is 0 Å². The first-order chi connectivity index (χ1) is 18.9. The third-order valence-electron chi connectivity index (χ3n) is 7.04. The first-order valence-electron chi connectivity index (χ1n) is 13.5. The molecule has 1 aliphatic carbocycles. The van der Waals surface area contributed by atoms with Crippen molar-refractivity contribution < 1.29 is 18.1 Å². The van der Waals surface area contributed by atoms with Gasteiger partial charge in [0.1, 0.15) is 5.52 Å². The molecule has 1 aliphatic rings. The van der Waals surface area contributed by atoms with Gasteiger partial charge >= 0.3 is 0 Å². The first-order valence-corrected chi connectivity index (χ1v) is 13.5. The van der Waals surface area contributed by atoms with Crippen LogP contribution in [-0.2, 0) is 11.2 Å². The summed E-state index contributed by atoms with van der Waals surface area (Å²) in [5.41, 5.74) is 4.15. The molecule has 7 nitrogen and oxygen atoms in total. The van der Waals surface area contributed by atoms with Crippen LogP contribution in [-0.4, -0.2) is 27.6 Å². The van der Waals surface area contributed by atoms with Gasteiger partial charge in [-0.1, -0.05) is 36.0 Å². The molecule has 0 N–H and O–H groups in total. The molecule has 0 radical (unpaired) electrons. The molecule has 0 aliphatic heterocycles. The summed E-state index contributed by atoms with van der Waals surface area (Å²) in [5.74, 6) is 1.91. The van der Waals surface area contributed by atoms with Gasteiger partial charge in [0.15, 0.2) is 17.3 Å². The van der Waals surface area contributed by atoms with E-state index >= 15 is 0 Å². The summed E-state index contributed by atoms with van der Waals surface area (Å²) in [6.07, 6.45) is 6.47. The zero-order chi connectivity index (χ0) is 27.4. The van der Waals surface area contributed by atoms with Gasteiger partial charge in [-0.25, -0.2) is 9.37 Å². The number of halogens is 1. The minimum Gasteiger partial charge on any atom is -0.441 e. The van der Waals surface area contributed by atoms with Gasteiger partial charge in [0.25, 0.3) is 0 Å². The van der Waals surface area contributed by atoms with Gasteiger partial charge in [-0.15, -0.1) is 6.58 Å². The molecule has 1 saturated carbocycles. The monoisotopic (exact) mass is 528 g/mol. The quantitative estimate of drug-likeness (QED) is 0.167. The van der Waals surface area contributed by atoms with Gasteiger partial charge in [-0.3, -0.25) is 4.79 Å². The van der Waals surface area contributed by atoms with Crippen LogP contribution in [0.1, 0.15) is 62.0 Å². The summed E-state index contributed by atoms with van der Waals surface area (Å²) in [4.78, 5) is 23.9. The van der Waals surface area contributed by atoms with E-state index in [-0.39, 0.29) is 24.7 Å². The molecular weight excluding hydrogens is 495 g/mol. The van der Waals surface area contributed by atoms with E-state index in [1.807, 2.05) is 55.5 Å². The number of anilines is 1. The third-order valence-corrected chi connectivity index (χ3v) is 7.04. The fourth-order valence-corrected chi connectivity index (χ4v) is 4.71. The number of carbonyl (C=O) groups excluding carboxylic acids is 1. The molecule has 0 saturated heterocycles. The van der Waals surface area contributed by atoms with Crippen molar-refractivity contribution in [3.8, 4) is 11.1 Å². The highest BCUT2D eigenvalue weighted by atomic mass is 19.1. The van der Waals surface area contributed by atoms with Gasteiger partial charge in [0.05, 0.1) is 5.83 Å². The number of aromatic nitrogens is 3. The highest BCUT2D eigenvalue weighted by Crippen LogP contribution is 2.38. The first kappa shape index (κ1) is 26.5. The van der Waals surface area contributed by atoms with Crippen molar-refractivity contribution in [3.05, 3.63) is 85.1 Å². The molecule has 8 heteroatoms. The molecule has 2 aromatic heterocycles. The fraction of sp³-hybridized carbons (Fsp3) is 0.355. The largest absolute Gasteiger partial charge is 0.441 e. The van der Waals surface area contributed by atoms with E-state index in [2.05, 4.69) is 28.3 Å². The van der Waals surface area contributed by atoms with Crippen LogP contribution in [0.5, 0.6) is 0 Å². The number of benzene rings is 2. The average molecular weight is 529 g/mol. The summed E-state index contributed by atoms with van der Waals surface area (Å²) >= 11 is 0. The van der Waals surface area contributed by atoms with E-state index in [4.69, 9.17) is 8.94 Å². The maximum atomic E-state index is 13.4. The van der Waals surface area contributed by atoms with Gasteiger partial charge in [0.2, 0.25) is 11.8 Å². The Morgan fingerprint density at radius 1 is 1.18 bits per heavy atom. The zero-order valence-corrected chi connectivity index (χ0v) is 22.2. The van der Waals surface area contributed by atoms with Crippen molar-refractivity contribution in [2.24, 2.45) is 5.92 Å². The lowest BCUT2D eigenvalue weighted by molar-refractivity contribution is -0.118. The SMILES string of the molecule is C=CC(CCCc1nc(C2CC2)no1)CN(C(=O)CCC(=C)F)c1cccc(-c2ccc3nc(C)oc3c2)c1. The van der Waals surface area contributed by atoms with Gasteiger partial charge in [-0.05, 0) is 67.0 Å². The number of nitrogens with zero attached hydrogens (tertiary/aromatic N) is 4.